The van der Waals surface area contributed by atoms with Gasteiger partial charge in [0.1, 0.15) is 12.4 Å². The van der Waals surface area contributed by atoms with Crippen LogP contribution in [0.3, 0.4) is 0 Å². The van der Waals surface area contributed by atoms with Crippen LogP contribution in [0.5, 0.6) is 5.75 Å². The van der Waals surface area contributed by atoms with Crippen molar-refractivity contribution >= 4 is 35.0 Å². The van der Waals surface area contributed by atoms with E-state index in [2.05, 4.69) is 24.3 Å². The maximum Gasteiger partial charge on any atom is 0.143 e. The van der Waals surface area contributed by atoms with E-state index in [1.165, 1.54) is 10.5 Å². The molecule has 0 spiro atoms. The number of halogens is 2. The summed E-state index contributed by atoms with van der Waals surface area (Å²) < 4.78 is 5.86. The number of aliphatic hydroxyl groups is 1. The van der Waals surface area contributed by atoms with Gasteiger partial charge in [-0.2, -0.15) is 0 Å². The highest BCUT2D eigenvalue weighted by molar-refractivity contribution is 8.00. The lowest BCUT2D eigenvalue weighted by atomic mass is 10.1. The van der Waals surface area contributed by atoms with E-state index in [-0.39, 0.29) is 6.61 Å². The molecule has 0 radical (unpaired) electrons. The van der Waals surface area contributed by atoms with Crippen LogP contribution in [0, 0.1) is 0 Å². The smallest absolute Gasteiger partial charge is 0.143 e. The van der Waals surface area contributed by atoms with Crippen LogP contribution in [0.4, 0.5) is 0 Å². The Morgan fingerprint density at radius 3 is 2.81 bits per heavy atom. The molecular weight excluding hydrogens is 327 g/mol. The van der Waals surface area contributed by atoms with E-state index in [9.17, 15) is 5.11 Å². The van der Waals surface area contributed by atoms with Crippen molar-refractivity contribution < 1.29 is 9.84 Å². The van der Waals surface area contributed by atoms with Crippen molar-refractivity contribution in [1.82, 2.24) is 0 Å². The summed E-state index contributed by atoms with van der Waals surface area (Å²) in [6.45, 7) is 0.404. The first-order valence-corrected chi connectivity index (χ1v) is 8.27. The standard InChI is InChI=1S/C16H14Cl2O2S/c17-12-5-11(8-19)16(14(18)7-12)20-9-13-6-10-3-1-2-4-15(10)21-13/h1-5,7,13,19H,6,8-9H2. The Labute approximate surface area is 138 Å². The summed E-state index contributed by atoms with van der Waals surface area (Å²) in [5.74, 6) is 0.528. The van der Waals surface area contributed by atoms with E-state index < -0.39 is 0 Å². The average Bonchev–Trinajstić information content (AvgIpc) is 2.88. The summed E-state index contributed by atoms with van der Waals surface area (Å²) in [7, 11) is 0. The summed E-state index contributed by atoms with van der Waals surface area (Å²) in [6.07, 6.45) is 0.987. The zero-order valence-electron chi connectivity index (χ0n) is 11.2. The lowest BCUT2D eigenvalue weighted by Crippen LogP contribution is -2.14. The number of hydrogen-bond donors (Lipinski definition) is 1. The highest BCUT2D eigenvalue weighted by atomic mass is 35.5. The van der Waals surface area contributed by atoms with E-state index in [1.54, 1.807) is 12.1 Å². The Balaban J connectivity index is 1.70. The normalized spacial score (nSPS) is 16.8. The lowest BCUT2D eigenvalue weighted by Gasteiger charge is -2.15. The second kappa shape index (κ2) is 6.49. The minimum atomic E-state index is -0.145. The molecule has 1 atom stereocenters. The van der Waals surface area contributed by atoms with Crippen LogP contribution >= 0.6 is 35.0 Å². The molecular formula is C16H14Cl2O2S. The molecule has 21 heavy (non-hydrogen) atoms. The van der Waals surface area contributed by atoms with Crippen molar-refractivity contribution in [3.8, 4) is 5.75 Å². The molecule has 2 aromatic carbocycles. The van der Waals surface area contributed by atoms with E-state index in [0.717, 1.165) is 6.42 Å². The highest BCUT2D eigenvalue weighted by Crippen LogP contribution is 2.38. The Morgan fingerprint density at radius 2 is 2.05 bits per heavy atom. The van der Waals surface area contributed by atoms with Crippen molar-refractivity contribution in [1.29, 1.82) is 0 Å². The van der Waals surface area contributed by atoms with Gasteiger partial charge in [-0.05, 0) is 30.2 Å². The van der Waals surface area contributed by atoms with Gasteiger partial charge in [-0.25, -0.2) is 0 Å². The van der Waals surface area contributed by atoms with Crippen LogP contribution in [-0.2, 0) is 13.0 Å². The van der Waals surface area contributed by atoms with Gasteiger partial charge in [-0.1, -0.05) is 41.4 Å². The van der Waals surface area contributed by atoms with Crippen molar-refractivity contribution in [3.63, 3.8) is 0 Å². The molecule has 0 saturated heterocycles. The quantitative estimate of drug-likeness (QED) is 0.883. The van der Waals surface area contributed by atoms with E-state index >= 15 is 0 Å². The Bertz CT molecular complexity index is 636. The molecule has 1 N–H and O–H groups in total. The fourth-order valence-corrected chi connectivity index (χ4v) is 4.22. The van der Waals surface area contributed by atoms with Crippen LogP contribution in [-0.4, -0.2) is 17.0 Å². The van der Waals surface area contributed by atoms with Gasteiger partial charge in [0, 0.05) is 20.7 Å². The third-order valence-corrected chi connectivity index (χ3v) is 5.17. The molecule has 2 aromatic rings. The number of aliphatic hydroxyl groups excluding tert-OH is 1. The average molecular weight is 341 g/mol. The SMILES string of the molecule is OCc1cc(Cl)cc(Cl)c1OCC1Cc2ccccc2S1. The molecule has 2 nitrogen and oxygen atoms in total. The molecule has 1 aliphatic heterocycles. The largest absolute Gasteiger partial charge is 0.490 e. The monoisotopic (exact) mass is 340 g/mol. The molecule has 0 saturated carbocycles. The molecule has 0 amide bonds. The number of benzene rings is 2. The van der Waals surface area contributed by atoms with Crippen LogP contribution < -0.4 is 4.74 Å². The zero-order chi connectivity index (χ0) is 14.8. The number of rotatable bonds is 4. The summed E-state index contributed by atoms with van der Waals surface area (Å²) in [4.78, 5) is 1.32. The highest BCUT2D eigenvalue weighted by Gasteiger charge is 2.23. The van der Waals surface area contributed by atoms with Gasteiger partial charge in [0.2, 0.25) is 0 Å². The van der Waals surface area contributed by atoms with Crippen LogP contribution in [0.15, 0.2) is 41.3 Å². The Kier molecular flexibility index (Phi) is 4.65. The third kappa shape index (κ3) is 3.32. The minimum absolute atomic E-state index is 0.145. The Hall–Kier alpha value is -0.870. The molecule has 1 heterocycles. The van der Waals surface area contributed by atoms with E-state index in [4.69, 9.17) is 27.9 Å². The number of fused-ring (bicyclic) bond motifs is 1. The summed E-state index contributed by atoms with van der Waals surface area (Å²) in [5, 5.41) is 10.7. The predicted octanol–water partition coefficient (Wildman–Crippen LogP) is 4.58. The van der Waals surface area contributed by atoms with E-state index in [0.29, 0.717) is 33.2 Å². The van der Waals surface area contributed by atoms with Crippen LogP contribution in [0.25, 0.3) is 0 Å². The second-order valence-electron chi connectivity index (χ2n) is 4.90. The van der Waals surface area contributed by atoms with Crippen LogP contribution in [0.2, 0.25) is 10.0 Å². The fourth-order valence-electron chi connectivity index (χ4n) is 2.42. The van der Waals surface area contributed by atoms with Gasteiger partial charge in [0.15, 0.2) is 0 Å². The third-order valence-electron chi connectivity index (χ3n) is 3.38. The Morgan fingerprint density at radius 1 is 1.24 bits per heavy atom. The second-order valence-corrected chi connectivity index (χ2v) is 7.08. The number of ether oxygens (including phenoxy) is 1. The first kappa shape index (κ1) is 15.0. The van der Waals surface area contributed by atoms with Gasteiger partial charge in [0.25, 0.3) is 0 Å². The minimum Gasteiger partial charge on any atom is -0.490 e. The molecule has 0 aliphatic carbocycles. The molecule has 1 aliphatic rings. The van der Waals surface area contributed by atoms with Crippen molar-refractivity contribution in [3.05, 3.63) is 57.6 Å². The van der Waals surface area contributed by atoms with Crippen molar-refractivity contribution in [2.75, 3.05) is 6.61 Å². The van der Waals surface area contributed by atoms with Gasteiger partial charge in [0.05, 0.1) is 11.6 Å². The molecule has 3 rings (SSSR count). The fraction of sp³-hybridized carbons (Fsp3) is 0.250. The zero-order valence-corrected chi connectivity index (χ0v) is 13.5. The lowest BCUT2D eigenvalue weighted by molar-refractivity contribution is 0.263. The van der Waals surface area contributed by atoms with Crippen LogP contribution in [0.1, 0.15) is 11.1 Å². The molecule has 110 valence electrons. The van der Waals surface area contributed by atoms with Gasteiger partial charge in [-0.15, -0.1) is 11.8 Å². The molecule has 0 bridgehead atoms. The van der Waals surface area contributed by atoms with E-state index in [1.807, 2.05) is 11.8 Å². The maximum atomic E-state index is 9.40. The predicted molar refractivity (Wildman–Crippen MR) is 87.7 cm³/mol. The first-order chi connectivity index (χ1) is 10.2. The molecule has 0 aromatic heterocycles. The van der Waals surface area contributed by atoms with Crippen molar-refractivity contribution in [2.24, 2.45) is 0 Å². The van der Waals surface area contributed by atoms with Crippen molar-refractivity contribution in [2.45, 2.75) is 23.2 Å². The number of hydrogen-bond acceptors (Lipinski definition) is 3. The molecule has 5 heteroatoms. The van der Waals surface area contributed by atoms with Gasteiger partial charge in [-0.3, -0.25) is 0 Å². The summed E-state index contributed by atoms with van der Waals surface area (Å²) in [5.41, 5.74) is 1.98. The maximum absolute atomic E-state index is 9.40. The molecule has 0 fully saturated rings. The summed E-state index contributed by atoms with van der Waals surface area (Å²) in [6, 6.07) is 11.7. The number of thioether (sulfide) groups is 1. The summed E-state index contributed by atoms with van der Waals surface area (Å²) >= 11 is 13.9. The van der Waals surface area contributed by atoms with Gasteiger partial charge < -0.3 is 9.84 Å². The topological polar surface area (TPSA) is 29.5 Å². The van der Waals surface area contributed by atoms with Gasteiger partial charge >= 0.3 is 0 Å². The first-order valence-electron chi connectivity index (χ1n) is 6.63. The molecule has 1 unspecified atom stereocenters.